The minimum atomic E-state index is -0.315. The fraction of sp³-hybridized carbons (Fsp3) is 0.105. The standard InChI is InChI=1S/C19H18N4O2S/c1-23(15-8-4-3-5-9-15)26-16-10-6-7-14(11-16)22-19(24)17-12-18(25-2)21-13-20-17/h3-13H,1-2H3,(H,22,24). The summed E-state index contributed by atoms with van der Waals surface area (Å²) in [5.74, 6) is 0.0307. The number of nitrogens with zero attached hydrogens (tertiary/aromatic N) is 3. The Bertz CT molecular complexity index is 889. The number of carbonyl (C=O) groups excluding carboxylic acids is 1. The van der Waals surface area contributed by atoms with Gasteiger partial charge in [-0.2, -0.15) is 0 Å². The van der Waals surface area contributed by atoms with Crippen LogP contribution in [0.15, 0.2) is 71.9 Å². The van der Waals surface area contributed by atoms with Gasteiger partial charge in [-0.15, -0.1) is 0 Å². The first-order chi connectivity index (χ1) is 12.7. The van der Waals surface area contributed by atoms with Crippen molar-refractivity contribution in [2.45, 2.75) is 4.90 Å². The summed E-state index contributed by atoms with van der Waals surface area (Å²) >= 11 is 1.58. The normalized spacial score (nSPS) is 10.2. The molecule has 1 N–H and O–H groups in total. The van der Waals surface area contributed by atoms with E-state index in [4.69, 9.17) is 4.74 Å². The molecule has 0 aliphatic carbocycles. The van der Waals surface area contributed by atoms with Gasteiger partial charge in [0, 0.05) is 29.4 Å². The lowest BCUT2D eigenvalue weighted by atomic mass is 10.3. The number of amides is 1. The highest BCUT2D eigenvalue weighted by atomic mass is 32.2. The topological polar surface area (TPSA) is 67.3 Å². The van der Waals surface area contributed by atoms with Gasteiger partial charge in [0.1, 0.15) is 12.0 Å². The fourth-order valence-electron chi connectivity index (χ4n) is 2.25. The van der Waals surface area contributed by atoms with Crippen molar-refractivity contribution < 1.29 is 9.53 Å². The molecule has 0 aliphatic rings. The fourth-order valence-corrected chi connectivity index (χ4v) is 3.11. The summed E-state index contributed by atoms with van der Waals surface area (Å²) in [6.07, 6.45) is 1.30. The van der Waals surface area contributed by atoms with Gasteiger partial charge in [0.25, 0.3) is 5.91 Å². The molecule has 7 heteroatoms. The van der Waals surface area contributed by atoms with E-state index >= 15 is 0 Å². The molecule has 1 amide bonds. The van der Waals surface area contributed by atoms with Gasteiger partial charge < -0.3 is 14.4 Å². The molecular formula is C19H18N4O2S. The summed E-state index contributed by atoms with van der Waals surface area (Å²) < 4.78 is 7.09. The zero-order chi connectivity index (χ0) is 18.4. The lowest BCUT2D eigenvalue weighted by Crippen LogP contribution is -2.14. The van der Waals surface area contributed by atoms with Crippen molar-refractivity contribution in [3.8, 4) is 5.88 Å². The third-order valence-electron chi connectivity index (χ3n) is 3.54. The van der Waals surface area contributed by atoms with Crippen LogP contribution in [0.1, 0.15) is 10.5 Å². The maximum Gasteiger partial charge on any atom is 0.274 e. The van der Waals surface area contributed by atoms with E-state index in [9.17, 15) is 4.79 Å². The Morgan fingerprint density at radius 1 is 1.08 bits per heavy atom. The number of benzene rings is 2. The van der Waals surface area contributed by atoms with E-state index in [0.717, 1.165) is 10.6 Å². The van der Waals surface area contributed by atoms with Crippen LogP contribution in [0.2, 0.25) is 0 Å². The summed E-state index contributed by atoms with van der Waals surface area (Å²) in [6, 6.07) is 19.2. The molecule has 0 atom stereocenters. The first-order valence-electron chi connectivity index (χ1n) is 7.90. The first kappa shape index (κ1) is 17.8. The average molecular weight is 366 g/mol. The summed E-state index contributed by atoms with van der Waals surface area (Å²) in [5, 5.41) is 2.85. The SMILES string of the molecule is COc1cc(C(=O)Nc2cccc(SN(C)c3ccccc3)c2)ncn1. The van der Waals surface area contributed by atoms with E-state index in [0.29, 0.717) is 11.6 Å². The van der Waals surface area contributed by atoms with E-state index in [2.05, 4.69) is 19.6 Å². The van der Waals surface area contributed by atoms with E-state index in [1.807, 2.05) is 61.6 Å². The van der Waals surface area contributed by atoms with Crippen LogP contribution in [0, 0.1) is 0 Å². The molecule has 0 saturated carbocycles. The van der Waals surface area contributed by atoms with Crippen LogP contribution in [0.3, 0.4) is 0 Å². The minimum Gasteiger partial charge on any atom is -0.481 e. The molecule has 0 unspecified atom stereocenters. The predicted molar refractivity (Wildman–Crippen MR) is 104 cm³/mol. The van der Waals surface area contributed by atoms with Crippen molar-refractivity contribution in [2.75, 3.05) is 23.8 Å². The molecule has 1 aromatic heterocycles. The van der Waals surface area contributed by atoms with E-state index < -0.39 is 0 Å². The number of aromatic nitrogens is 2. The van der Waals surface area contributed by atoms with Gasteiger partial charge in [0.15, 0.2) is 0 Å². The predicted octanol–water partition coefficient (Wildman–Crippen LogP) is 3.88. The molecule has 0 fully saturated rings. The average Bonchev–Trinajstić information content (AvgIpc) is 2.69. The second kappa shape index (κ2) is 8.35. The van der Waals surface area contributed by atoms with Gasteiger partial charge in [-0.05, 0) is 42.3 Å². The molecule has 1 heterocycles. The van der Waals surface area contributed by atoms with Crippen LogP contribution in [0.5, 0.6) is 5.88 Å². The van der Waals surface area contributed by atoms with E-state index in [1.165, 1.54) is 19.5 Å². The number of anilines is 2. The van der Waals surface area contributed by atoms with Crippen LogP contribution >= 0.6 is 11.9 Å². The summed E-state index contributed by atoms with van der Waals surface area (Å²) in [6.45, 7) is 0. The molecule has 3 rings (SSSR count). The Balaban J connectivity index is 1.70. The van der Waals surface area contributed by atoms with Crippen molar-refractivity contribution in [2.24, 2.45) is 0 Å². The molecule has 0 saturated heterocycles. The molecule has 3 aromatic rings. The summed E-state index contributed by atoms with van der Waals surface area (Å²) in [7, 11) is 3.49. The Morgan fingerprint density at radius 2 is 1.88 bits per heavy atom. The number of carbonyl (C=O) groups is 1. The quantitative estimate of drug-likeness (QED) is 0.668. The van der Waals surface area contributed by atoms with Crippen molar-refractivity contribution in [3.05, 3.63) is 72.7 Å². The number of nitrogens with one attached hydrogen (secondary N) is 1. The Labute approximate surface area is 156 Å². The second-order valence-electron chi connectivity index (χ2n) is 5.35. The number of methoxy groups -OCH3 is 1. The van der Waals surface area contributed by atoms with Gasteiger partial charge in [-0.3, -0.25) is 4.79 Å². The maximum absolute atomic E-state index is 12.4. The Hall–Kier alpha value is -3.06. The largest absolute Gasteiger partial charge is 0.481 e. The monoisotopic (exact) mass is 366 g/mol. The molecule has 0 aliphatic heterocycles. The van der Waals surface area contributed by atoms with Crippen LogP contribution in [0.25, 0.3) is 0 Å². The smallest absolute Gasteiger partial charge is 0.274 e. The van der Waals surface area contributed by atoms with Crippen LogP contribution in [-0.4, -0.2) is 30.0 Å². The van der Waals surface area contributed by atoms with E-state index in [-0.39, 0.29) is 11.6 Å². The lowest BCUT2D eigenvalue weighted by Gasteiger charge is -2.18. The maximum atomic E-state index is 12.4. The molecule has 6 nitrogen and oxygen atoms in total. The van der Waals surface area contributed by atoms with Crippen molar-refractivity contribution in [1.82, 2.24) is 9.97 Å². The number of ether oxygens (including phenoxy) is 1. The number of rotatable bonds is 6. The molecule has 26 heavy (non-hydrogen) atoms. The summed E-state index contributed by atoms with van der Waals surface area (Å²) in [4.78, 5) is 21.2. The highest BCUT2D eigenvalue weighted by Gasteiger charge is 2.10. The molecule has 0 radical (unpaired) electrons. The molecule has 2 aromatic carbocycles. The first-order valence-corrected chi connectivity index (χ1v) is 8.67. The highest BCUT2D eigenvalue weighted by Crippen LogP contribution is 2.28. The van der Waals surface area contributed by atoms with Gasteiger partial charge in [-0.1, -0.05) is 24.3 Å². The lowest BCUT2D eigenvalue weighted by molar-refractivity contribution is 0.102. The molecule has 0 spiro atoms. The van der Waals surface area contributed by atoms with Crippen molar-refractivity contribution >= 4 is 29.2 Å². The van der Waals surface area contributed by atoms with Crippen molar-refractivity contribution in [1.29, 1.82) is 0 Å². The zero-order valence-electron chi connectivity index (χ0n) is 14.4. The third kappa shape index (κ3) is 4.52. The Morgan fingerprint density at radius 3 is 2.65 bits per heavy atom. The molecular weight excluding hydrogens is 348 g/mol. The van der Waals surface area contributed by atoms with E-state index in [1.54, 1.807) is 11.9 Å². The van der Waals surface area contributed by atoms with Gasteiger partial charge in [0.05, 0.1) is 7.11 Å². The number of hydrogen-bond acceptors (Lipinski definition) is 6. The zero-order valence-corrected chi connectivity index (χ0v) is 15.2. The van der Waals surface area contributed by atoms with Gasteiger partial charge in [-0.25, -0.2) is 9.97 Å². The van der Waals surface area contributed by atoms with Crippen molar-refractivity contribution in [3.63, 3.8) is 0 Å². The van der Waals surface area contributed by atoms with Crippen LogP contribution in [-0.2, 0) is 0 Å². The molecule has 0 bridgehead atoms. The van der Waals surface area contributed by atoms with Gasteiger partial charge >= 0.3 is 0 Å². The number of hydrogen-bond donors (Lipinski definition) is 1. The minimum absolute atomic E-state index is 0.247. The second-order valence-corrected chi connectivity index (χ2v) is 6.55. The highest BCUT2D eigenvalue weighted by molar-refractivity contribution is 8.00. The van der Waals surface area contributed by atoms with Crippen LogP contribution < -0.4 is 14.4 Å². The number of para-hydroxylation sites is 1. The molecule has 132 valence electrons. The third-order valence-corrected chi connectivity index (χ3v) is 4.49. The Kier molecular flexibility index (Phi) is 5.70. The summed E-state index contributed by atoms with van der Waals surface area (Å²) in [5.41, 5.74) is 2.04. The van der Waals surface area contributed by atoms with Crippen LogP contribution in [0.4, 0.5) is 11.4 Å². The van der Waals surface area contributed by atoms with Gasteiger partial charge in [0.2, 0.25) is 5.88 Å².